The van der Waals surface area contributed by atoms with Crippen molar-refractivity contribution in [2.75, 3.05) is 6.61 Å². The Morgan fingerprint density at radius 3 is 3.12 bits per heavy atom. The molecule has 3 rings (SSSR count). The Hall–Kier alpha value is -1.62. The molecule has 0 spiro atoms. The Labute approximate surface area is 99.1 Å². The van der Waals surface area contributed by atoms with Gasteiger partial charge in [0.25, 0.3) is 0 Å². The van der Waals surface area contributed by atoms with Gasteiger partial charge in [-0.15, -0.1) is 5.10 Å². The molecule has 0 bridgehead atoms. The first-order valence-electron chi connectivity index (χ1n) is 5.87. The van der Waals surface area contributed by atoms with Gasteiger partial charge in [0.1, 0.15) is 11.6 Å². The van der Waals surface area contributed by atoms with Gasteiger partial charge in [0, 0.05) is 19.6 Å². The zero-order valence-corrected chi connectivity index (χ0v) is 9.76. The molecule has 1 unspecified atom stereocenters. The number of furan rings is 1. The van der Waals surface area contributed by atoms with Crippen LogP contribution in [0.4, 0.5) is 0 Å². The van der Waals surface area contributed by atoms with Crippen LogP contribution < -0.4 is 0 Å². The van der Waals surface area contributed by atoms with E-state index in [1.54, 1.807) is 0 Å². The van der Waals surface area contributed by atoms with Crippen molar-refractivity contribution in [3.05, 3.63) is 23.7 Å². The molecule has 0 radical (unpaired) electrons. The second kappa shape index (κ2) is 4.00. The number of aliphatic hydroxyl groups is 1. The molecule has 90 valence electrons. The number of hydrogen-bond donors (Lipinski definition) is 1. The van der Waals surface area contributed by atoms with E-state index in [4.69, 9.17) is 9.52 Å². The predicted molar refractivity (Wildman–Crippen MR) is 61.4 cm³/mol. The standard InChI is InChI=1S/C12H15N3O2/c1-8-2-3-10(17-8)12-13-11-6-9(7-16)4-5-15(11)14-12/h2-3,9,16H,4-7H2,1H3. The quantitative estimate of drug-likeness (QED) is 0.851. The van der Waals surface area contributed by atoms with Crippen molar-refractivity contribution in [2.24, 2.45) is 5.92 Å². The number of rotatable bonds is 2. The van der Waals surface area contributed by atoms with E-state index in [0.717, 1.165) is 31.0 Å². The molecule has 1 aliphatic heterocycles. The van der Waals surface area contributed by atoms with Crippen molar-refractivity contribution < 1.29 is 9.52 Å². The highest BCUT2D eigenvalue weighted by molar-refractivity contribution is 5.46. The Morgan fingerprint density at radius 1 is 1.53 bits per heavy atom. The molecule has 0 amide bonds. The molecule has 0 aromatic carbocycles. The van der Waals surface area contributed by atoms with Gasteiger partial charge < -0.3 is 9.52 Å². The van der Waals surface area contributed by atoms with Crippen LogP contribution in [0, 0.1) is 12.8 Å². The van der Waals surface area contributed by atoms with Crippen LogP contribution >= 0.6 is 0 Å². The van der Waals surface area contributed by atoms with E-state index in [0.29, 0.717) is 17.5 Å². The van der Waals surface area contributed by atoms with E-state index in [1.807, 2.05) is 23.7 Å². The number of hydrogen-bond acceptors (Lipinski definition) is 4. The fraction of sp³-hybridized carbons (Fsp3) is 0.500. The van der Waals surface area contributed by atoms with Crippen LogP contribution in [-0.4, -0.2) is 26.5 Å². The normalized spacial score (nSPS) is 19.3. The third-order valence-electron chi connectivity index (χ3n) is 3.19. The molecule has 17 heavy (non-hydrogen) atoms. The van der Waals surface area contributed by atoms with Gasteiger partial charge >= 0.3 is 0 Å². The molecule has 3 heterocycles. The SMILES string of the molecule is Cc1ccc(-c2nc3n(n2)CCC(CO)C3)o1. The maximum atomic E-state index is 9.17. The lowest BCUT2D eigenvalue weighted by Crippen LogP contribution is -2.22. The molecule has 1 aliphatic rings. The van der Waals surface area contributed by atoms with E-state index in [1.165, 1.54) is 0 Å². The third-order valence-corrected chi connectivity index (χ3v) is 3.19. The molecule has 0 saturated heterocycles. The van der Waals surface area contributed by atoms with E-state index in [2.05, 4.69) is 10.1 Å². The fourth-order valence-corrected chi connectivity index (χ4v) is 2.18. The highest BCUT2D eigenvalue weighted by Crippen LogP contribution is 2.23. The molecule has 0 aliphatic carbocycles. The number of fused-ring (bicyclic) bond motifs is 1. The van der Waals surface area contributed by atoms with Crippen LogP contribution in [0.1, 0.15) is 18.0 Å². The van der Waals surface area contributed by atoms with Gasteiger partial charge in [0.05, 0.1) is 0 Å². The number of aryl methyl sites for hydroxylation is 2. The van der Waals surface area contributed by atoms with Crippen molar-refractivity contribution in [1.29, 1.82) is 0 Å². The zero-order chi connectivity index (χ0) is 11.8. The van der Waals surface area contributed by atoms with Crippen LogP contribution in [0.2, 0.25) is 0 Å². The number of aromatic nitrogens is 3. The van der Waals surface area contributed by atoms with Gasteiger partial charge in [-0.3, -0.25) is 0 Å². The summed E-state index contributed by atoms with van der Waals surface area (Å²) in [6.45, 7) is 2.95. The Balaban J connectivity index is 1.92. The van der Waals surface area contributed by atoms with Gasteiger partial charge in [0.2, 0.25) is 5.82 Å². The van der Waals surface area contributed by atoms with Crippen LogP contribution in [0.3, 0.4) is 0 Å². The molecule has 2 aromatic rings. The molecule has 0 saturated carbocycles. The summed E-state index contributed by atoms with van der Waals surface area (Å²) in [6, 6.07) is 3.80. The average Bonchev–Trinajstić information content (AvgIpc) is 2.93. The van der Waals surface area contributed by atoms with E-state index >= 15 is 0 Å². The van der Waals surface area contributed by atoms with Gasteiger partial charge in [-0.25, -0.2) is 9.67 Å². The van der Waals surface area contributed by atoms with Gasteiger partial charge in [0.15, 0.2) is 5.76 Å². The third kappa shape index (κ3) is 1.86. The second-order valence-corrected chi connectivity index (χ2v) is 4.53. The summed E-state index contributed by atoms with van der Waals surface area (Å²) in [4.78, 5) is 4.48. The molecule has 1 N–H and O–H groups in total. The molecule has 5 nitrogen and oxygen atoms in total. The van der Waals surface area contributed by atoms with E-state index in [-0.39, 0.29) is 6.61 Å². The van der Waals surface area contributed by atoms with Crippen molar-refractivity contribution in [3.8, 4) is 11.6 Å². The molecule has 2 aromatic heterocycles. The Bertz CT molecular complexity index is 530. The highest BCUT2D eigenvalue weighted by Gasteiger charge is 2.22. The topological polar surface area (TPSA) is 64.1 Å². The van der Waals surface area contributed by atoms with Crippen molar-refractivity contribution in [2.45, 2.75) is 26.3 Å². The summed E-state index contributed by atoms with van der Waals surface area (Å²) >= 11 is 0. The first-order valence-corrected chi connectivity index (χ1v) is 5.87. The lowest BCUT2D eigenvalue weighted by molar-refractivity contribution is 0.196. The van der Waals surface area contributed by atoms with Crippen LogP contribution in [0.5, 0.6) is 0 Å². The van der Waals surface area contributed by atoms with Crippen molar-refractivity contribution >= 4 is 0 Å². The summed E-state index contributed by atoms with van der Waals surface area (Å²) in [5.41, 5.74) is 0. The molecule has 5 heteroatoms. The largest absolute Gasteiger partial charge is 0.458 e. The molecular weight excluding hydrogens is 218 g/mol. The number of nitrogens with zero attached hydrogens (tertiary/aromatic N) is 3. The van der Waals surface area contributed by atoms with Gasteiger partial charge in [-0.2, -0.15) is 0 Å². The minimum absolute atomic E-state index is 0.224. The number of aliphatic hydroxyl groups excluding tert-OH is 1. The smallest absolute Gasteiger partial charge is 0.217 e. The van der Waals surface area contributed by atoms with Gasteiger partial charge in [-0.05, 0) is 31.4 Å². The zero-order valence-electron chi connectivity index (χ0n) is 9.76. The average molecular weight is 233 g/mol. The van der Waals surface area contributed by atoms with Crippen LogP contribution in [-0.2, 0) is 13.0 Å². The fourth-order valence-electron chi connectivity index (χ4n) is 2.18. The van der Waals surface area contributed by atoms with Crippen LogP contribution in [0.25, 0.3) is 11.6 Å². The molecular formula is C12H15N3O2. The summed E-state index contributed by atoms with van der Waals surface area (Å²) < 4.78 is 7.43. The summed E-state index contributed by atoms with van der Waals surface area (Å²) in [5.74, 6) is 3.48. The lowest BCUT2D eigenvalue weighted by atomic mass is 9.99. The summed E-state index contributed by atoms with van der Waals surface area (Å²) in [5, 5.41) is 13.6. The highest BCUT2D eigenvalue weighted by atomic mass is 16.3. The van der Waals surface area contributed by atoms with Crippen molar-refractivity contribution in [3.63, 3.8) is 0 Å². The maximum Gasteiger partial charge on any atom is 0.217 e. The maximum absolute atomic E-state index is 9.17. The minimum atomic E-state index is 0.224. The summed E-state index contributed by atoms with van der Waals surface area (Å²) in [7, 11) is 0. The van der Waals surface area contributed by atoms with Gasteiger partial charge in [-0.1, -0.05) is 0 Å². The first kappa shape index (κ1) is 10.5. The summed E-state index contributed by atoms with van der Waals surface area (Å²) in [6.07, 6.45) is 1.76. The van der Waals surface area contributed by atoms with Crippen LogP contribution in [0.15, 0.2) is 16.5 Å². The Morgan fingerprint density at radius 2 is 2.41 bits per heavy atom. The van der Waals surface area contributed by atoms with E-state index in [9.17, 15) is 0 Å². The minimum Gasteiger partial charge on any atom is -0.458 e. The molecule has 0 fully saturated rings. The van der Waals surface area contributed by atoms with E-state index < -0.39 is 0 Å². The van der Waals surface area contributed by atoms with Crippen molar-refractivity contribution in [1.82, 2.24) is 14.8 Å². The first-order chi connectivity index (χ1) is 8.26. The second-order valence-electron chi connectivity index (χ2n) is 4.53. The Kier molecular flexibility index (Phi) is 2.48. The monoisotopic (exact) mass is 233 g/mol. The lowest BCUT2D eigenvalue weighted by Gasteiger charge is -2.19. The molecule has 1 atom stereocenters. The predicted octanol–water partition coefficient (Wildman–Crippen LogP) is 1.40.